The smallest absolute Gasteiger partial charge is 0.323 e. The van der Waals surface area contributed by atoms with E-state index in [4.69, 9.17) is 0 Å². The number of hydrogen-bond donors (Lipinski definition) is 1. The van der Waals surface area contributed by atoms with Gasteiger partial charge in [0.05, 0.1) is 7.11 Å². The predicted molar refractivity (Wildman–Crippen MR) is 49.5 cm³/mol. The molecule has 1 saturated heterocycles. The van der Waals surface area contributed by atoms with Crippen molar-refractivity contribution in [2.75, 3.05) is 13.7 Å². The van der Waals surface area contributed by atoms with E-state index in [2.05, 4.69) is 17.0 Å². The molecule has 0 amide bonds. The van der Waals surface area contributed by atoms with Crippen molar-refractivity contribution in [3.05, 3.63) is 0 Å². The minimum Gasteiger partial charge on any atom is -0.468 e. The van der Waals surface area contributed by atoms with Gasteiger partial charge in [0.25, 0.3) is 0 Å². The van der Waals surface area contributed by atoms with Crippen LogP contribution in [0, 0.1) is 5.92 Å². The molecule has 0 aromatic heterocycles. The van der Waals surface area contributed by atoms with Crippen molar-refractivity contribution in [1.82, 2.24) is 5.32 Å². The zero-order valence-corrected chi connectivity index (χ0v) is 8.32. The summed E-state index contributed by atoms with van der Waals surface area (Å²) in [6.45, 7) is 3.01. The number of esters is 1. The number of methoxy groups -OCH3 is 1. The van der Waals surface area contributed by atoms with Crippen molar-refractivity contribution in [3.8, 4) is 0 Å². The monoisotopic (exact) mass is 193 g/mol. The molecule has 0 aromatic carbocycles. The molecule has 0 bridgehead atoms. The van der Waals surface area contributed by atoms with Gasteiger partial charge in [-0.1, -0.05) is 6.92 Å². The van der Waals surface area contributed by atoms with E-state index >= 15 is 0 Å². The van der Waals surface area contributed by atoms with Crippen LogP contribution >= 0.6 is 12.4 Å². The SMILES string of the molecule is COC(=O)[C@H]1NCCC[C@@H]1C.Cl. The van der Waals surface area contributed by atoms with Gasteiger partial charge in [-0.3, -0.25) is 4.79 Å². The molecule has 1 N–H and O–H groups in total. The summed E-state index contributed by atoms with van der Waals surface area (Å²) < 4.78 is 4.66. The first kappa shape index (κ1) is 11.7. The highest BCUT2D eigenvalue weighted by atomic mass is 35.5. The average Bonchev–Trinajstić information content (AvgIpc) is 2.04. The lowest BCUT2D eigenvalue weighted by molar-refractivity contribution is -0.145. The van der Waals surface area contributed by atoms with Crippen molar-refractivity contribution < 1.29 is 9.53 Å². The molecule has 1 aliphatic heterocycles. The lowest BCUT2D eigenvalue weighted by Crippen LogP contribution is -2.46. The summed E-state index contributed by atoms with van der Waals surface area (Å²) in [7, 11) is 1.44. The van der Waals surface area contributed by atoms with E-state index in [1.165, 1.54) is 7.11 Å². The van der Waals surface area contributed by atoms with Gasteiger partial charge in [0.15, 0.2) is 0 Å². The fourth-order valence-electron chi connectivity index (χ4n) is 1.49. The Hall–Kier alpha value is -0.280. The quantitative estimate of drug-likeness (QED) is 0.631. The molecule has 72 valence electrons. The molecule has 0 spiro atoms. The summed E-state index contributed by atoms with van der Waals surface area (Å²) in [6, 6.07) is -0.0752. The first-order valence-corrected chi connectivity index (χ1v) is 4.07. The van der Waals surface area contributed by atoms with Gasteiger partial charge in [-0.2, -0.15) is 0 Å². The van der Waals surface area contributed by atoms with E-state index in [0.717, 1.165) is 19.4 Å². The Balaban J connectivity index is 0.00000121. The van der Waals surface area contributed by atoms with E-state index < -0.39 is 0 Å². The summed E-state index contributed by atoms with van der Waals surface area (Å²) >= 11 is 0. The molecule has 0 aromatic rings. The second-order valence-corrected chi connectivity index (χ2v) is 3.07. The molecule has 0 aliphatic carbocycles. The van der Waals surface area contributed by atoms with Crippen LogP contribution in [0.2, 0.25) is 0 Å². The van der Waals surface area contributed by atoms with E-state index in [1.807, 2.05) is 0 Å². The third kappa shape index (κ3) is 2.64. The molecule has 12 heavy (non-hydrogen) atoms. The molecule has 0 radical (unpaired) electrons. The number of nitrogens with one attached hydrogen (secondary N) is 1. The topological polar surface area (TPSA) is 38.3 Å². The normalized spacial score (nSPS) is 28.8. The Morgan fingerprint density at radius 1 is 1.58 bits per heavy atom. The molecule has 1 fully saturated rings. The van der Waals surface area contributed by atoms with E-state index in [-0.39, 0.29) is 24.4 Å². The maximum atomic E-state index is 11.1. The molecule has 3 nitrogen and oxygen atoms in total. The Morgan fingerprint density at radius 2 is 2.25 bits per heavy atom. The van der Waals surface area contributed by atoms with Gasteiger partial charge in [0.2, 0.25) is 0 Å². The molecule has 1 rings (SSSR count). The van der Waals surface area contributed by atoms with Crippen LogP contribution in [0.1, 0.15) is 19.8 Å². The number of hydrogen-bond acceptors (Lipinski definition) is 3. The Bertz CT molecular complexity index is 152. The van der Waals surface area contributed by atoms with Gasteiger partial charge in [-0.15, -0.1) is 12.4 Å². The van der Waals surface area contributed by atoms with Crippen molar-refractivity contribution in [1.29, 1.82) is 0 Å². The van der Waals surface area contributed by atoms with Crippen LogP contribution in [0.3, 0.4) is 0 Å². The van der Waals surface area contributed by atoms with Gasteiger partial charge in [0, 0.05) is 0 Å². The predicted octanol–water partition coefficient (Wildman–Crippen LogP) is 0.969. The summed E-state index contributed by atoms with van der Waals surface area (Å²) in [5.74, 6) is 0.286. The van der Waals surface area contributed by atoms with Crippen LogP contribution in [0.25, 0.3) is 0 Å². The summed E-state index contributed by atoms with van der Waals surface area (Å²) in [4.78, 5) is 11.1. The van der Waals surface area contributed by atoms with E-state index in [9.17, 15) is 4.79 Å². The molecular formula is C8H16ClNO2. The third-order valence-corrected chi connectivity index (χ3v) is 2.22. The molecule has 2 atom stereocenters. The highest BCUT2D eigenvalue weighted by Gasteiger charge is 2.27. The number of rotatable bonds is 1. The summed E-state index contributed by atoms with van der Waals surface area (Å²) in [6.07, 6.45) is 2.28. The van der Waals surface area contributed by atoms with Gasteiger partial charge in [-0.05, 0) is 25.3 Å². The molecule has 1 aliphatic rings. The lowest BCUT2D eigenvalue weighted by atomic mass is 9.93. The third-order valence-electron chi connectivity index (χ3n) is 2.22. The second kappa shape index (κ2) is 5.38. The van der Waals surface area contributed by atoms with Gasteiger partial charge >= 0.3 is 5.97 Å². The number of carbonyl (C=O) groups excluding carboxylic acids is 1. The minimum absolute atomic E-state index is 0. The fraction of sp³-hybridized carbons (Fsp3) is 0.875. The number of piperidine rings is 1. The van der Waals surface area contributed by atoms with E-state index in [0.29, 0.717) is 5.92 Å². The Kier molecular flexibility index (Phi) is 5.25. The van der Waals surface area contributed by atoms with Crippen LogP contribution < -0.4 is 5.32 Å². The number of carbonyl (C=O) groups is 1. The number of ether oxygens (including phenoxy) is 1. The number of halogens is 1. The Morgan fingerprint density at radius 3 is 2.75 bits per heavy atom. The zero-order valence-electron chi connectivity index (χ0n) is 7.50. The maximum Gasteiger partial charge on any atom is 0.323 e. The van der Waals surface area contributed by atoms with Crippen LogP contribution in [-0.2, 0) is 9.53 Å². The molecular weight excluding hydrogens is 178 g/mol. The molecule has 1 heterocycles. The first-order valence-electron chi connectivity index (χ1n) is 4.07. The largest absolute Gasteiger partial charge is 0.468 e. The van der Waals surface area contributed by atoms with Crippen LogP contribution in [0.15, 0.2) is 0 Å². The molecule has 0 saturated carbocycles. The van der Waals surface area contributed by atoms with Gasteiger partial charge in [-0.25, -0.2) is 0 Å². The van der Waals surface area contributed by atoms with Crippen LogP contribution in [0.5, 0.6) is 0 Å². The van der Waals surface area contributed by atoms with Crippen molar-refractivity contribution in [2.45, 2.75) is 25.8 Å². The van der Waals surface area contributed by atoms with Crippen LogP contribution in [-0.4, -0.2) is 25.7 Å². The summed E-state index contributed by atoms with van der Waals surface area (Å²) in [5, 5.41) is 3.14. The molecule has 4 heteroatoms. The van der Waals surface area contributed by atoms with Crippen molar-refractivity contribution in [2.24, 2.45) is 5.92 Å². The van der Waals surface area contributed by atoms with E-state index in [1.54, 1.807) is 0 Å². The second-order valence-electron chi connectivity index (χ2n) is 3.07. The molecule has 0 unspecified atom stereocenters. The fourth-order valence-corrected chi connectivity index (χ4v) is 1.49. The zero-order chi connectivity index (χ0) is 8.27. The van der Waals surface area contributed by atoms with Crippen molar-refractivity contribution >= 4 is 18.4 Å². The first-order chi connectivity index (χ1) is 5.25. The average molecular weight is 194 g/mol. The van der Waals surface area contributed by atoms with Gasteiger partial charge in [0.1, 0.15) is 6.04 Å². The minimum atomic E-state index is -0.128. The summed E-state index contributed by atoms with van der Waals surface area (Å²) in [5.41, 5.74) is 0. The standard InChI is InChI=1S/C8H15NO2.ClH/c1-6-4-3-5-9-7(6)8(10)11-2;/h6-7,9H,3-5H2,1-2H3;1H/t6-,7-;/m0./s1. The highest BCUT2D eigenvalue weighted by molar-refractivity contribution is 5.85. The highest BCUT2D eigenvalue weighted by Crippen LogP contribution is 2.15. The van der Waals surface area contributed by atoms with Crippen LogP contribution in [0.4, 0.5) is 0 Å². The Labute approximate surface area is 79.3 Å². The van der Waals surface area contributed by atoms with Crippen molar-refractivity contribution in [3.63, 3.8) is 0 Å². The van der Waals surface area contributed by atoms with Gasteiger partial charge < -0.3 is 10.1 Å². The maximum absolute atomic E-state index is 11.1. The lowest BCUT2D eigenvalue weighted by Gasteiger charge is -2.27.